The summed E-state index contributed by atoms with van der Waals surface area (Å²) in [6, 6.07) is 30.9. The van der Waals surface area contributed by atoms with E-state index in [4.69, 9.17) is 4.74 Å². The SMILES string of the molecule is CC(C)(C)OC(=O)N[C@@H](CSC(c1ccccc1)(c1ccccc1)c1ccccc1)C(=O)N[C@H](Cc1ccc(F)cc1)C(=O)N[C@@H](C(=O)O)C(C)(C)S. The van der Waals surface area contributed by atoms with E-state index in [2.05, 4.69) is 28.6 Å². The summed E-state index contributed by atoms with van der Waals surface area (Å²) in [7, 11) is 0. The molecule has 53 heavy (non-hydrogen) atoms. The molecule has 0 aliphatic carbocycles. The molecule has 0 bridgehead atoms. The standard InChI is InChI=1S/C41H46FN3O6S2/c1-39(2,3)51-38(50)44-33(26-53-41(28-15-9-6-10-16-28,29-17-11-7-12-18-29)30-19-13-8-14-20-30)36(47)43-32(25-27-21-23-31(42)24-22-27)35(46)45-34(37(48)49)40(4,5)52/h6-24,32-34,52H,25-26H2,1-5H3,(H,43,47)(H,44,50)(H,45,46)(H,48,49)/t32-,33+,34+/m1/s1. The van der Waals surface area contributed by atoms with Crippen LogP contribution in [0.2, 0.25) is 0 Å². The molecule has 12 heteroatoms. The number of hydrogen-bond acceptors (Lipinski definition) is 7. The van der Waals surface area contributed by atoms with Crippen LogP contribution in [0.1, 0.15) is 56.9 Å². The Kier molecular flexibility index (Phi) is 13.8. The molecule has 9 nitrogen and oxygen atoms in total. The Morgan fingerprint density at radius 2 is 1.15 bits per heavy atom. The van der Waals surface area contributed by atoms with Gasteiger partial charge in [-0.15, -0.1) is 11.8 Å². The molecule has 4 aromatic rings. The molecule has 0 fully saturated rings. The Morgan fingerprint density at radius 3 is 1.57 bits per heavy atom. The zero-order valence-corrected chi connectivity index (χ0v) is 32.0. The average molecular weight is 760 g/mol. The summed E-state index contributed by atoms with van der Waals surface area (Å²) in [6.07, 6.45) is -0.948. The Labute approximate surface area is 319 Å². The van der Waals surface area contributed by atoms with Crippen molar-refractivity contribution >= 4 is 48.3 Å². The maximum atomic E-state index is 14.4. The second-order valence-electron chi connectivity index (χ2n) is 14.1. The first-order valence-corrected chi connectivity index (χ1v) is 18.5. The molecule has 0 unspecified atom stereocenters. The van der Waals surface area contributed by atoms with Crippen molar-refractivity contribution in [1.82, 2.24) is 16.0 Å². The second kappa shape index (κ2) is 17.8. The van der Waals surface area contributed by atoms with Crippen molar-refractivity contribution < 1.29 is 33.4 Å². The molecule has 4 rings (SSSR count). The molecule has 280 valence electrons. The molecule has 0 aliphatic heterocycles. The van der Waals surface area contributed by atoms with Crippen LogP contribution in [-0.2, 0) is 30.3 Å². The fourth-order valence-electron chi connectivity index (χ4n) is 5.73. The number of alkyl carbamates (subject to hydrolysis) is 1. The number of hydrogen-bond donors (Lipinski definition) is 5. The van der Waals surface area contributed by atoms with Crippen LogP contribution in [0.15, 0.2) is 115 Å². The van der Waals surface area contributed by atoms with Crippen molar-refractivity contribution in [1.29, 1.82) is 0 Å². The van der Waals surface area contributed by atoms with Gasteiger partial charge in [0.1, 0.15) is 29.5 Å². The summed E-state index contributed by atoms with van der Waals surface area (Å²) >= 11 is 5.80. The molecule has 0 saturated carbocycles. The molecule has 0 aromatic heterocycles. The third-order valence-corrected chi connectivity index (χ3v) is 10.1. The van der Waals surface area contributed by atoms with Gasteiger partial charge < -0.3 is 25.8 Å². The topological polar surface area (TPSA) is 134 Å². The Balaban J connectivity index is 1.76. The van der Waals surface area contributed by atoms with E-state index in [1.807, 2.05) is 91.0 Å². The fourth-order valence-corrected chi connectivity index (χ4v) is 7.47. The molecule has 3 amide bonds. The molecule has 0 radical (unpaired) electrons. The number of halogens is 1. The number of carboxylic acids is 1. The maximum Gasteiger partial charge on any atom is 0.408 e. The van der Waals surface area contributed by atoms with Crippen LogP contribution in [-0.4, -0.2) is 63.2 Å². The number of carbonyl (C=O) groups is 4. The Bertz CT molecular complexity index is 1740. The minimum atomic E-state index is -1.42. The molecule has 4 aromatic carbocycles. The zero-order valence-electron chi connectivity index (χ0n) is 30.3. The largest absolute Gasteiger partial charge is 0.480 e. The number of aliphatic carboxylic acids is 1. The highest BCUT2D eigenvalue weighted by atomic mass is 32.2. The van der Waals surface area contributed by atoms with Crippen LogP contribution in [0.5, 0.6) is 0 Å². The van der Waals surface area contributed by atoms with Crippen LogP contribution in [0.3, 0.4) is 0 Å². The molecule has 0 saturated heterocycles. The second-order valence-corrected chi connectivity index (χ2v) is 16.5. The molecule has 0 heterocycles. The highest BCUT2D eigenvalue weighted by Crippen LogP contribution is 2.48. The van der Waals surface area contributed by atoms with Gasteiger partial charge in [0.25, 0.3) is 0 Å². The molecular formula is C41H46FN3O6S2. The van der Waals surface area contributed by atoms with Gasteiger partial charge >= 0.3 is 12.1 Å². The summed E-state index contributed by atoms with van der Waals surface area (Å²) in [5, 5.41) is 17.9. The lowest BCUT2D eigenvalue weighted by atomic mass is 9.84. The van der Waals surface area contributed by atoms with Gasteiger partial charge in [-0.3, -0.25) is 9.59 Å². The number of ether oxygens (including phenoxy) is 1. The van der Waals surface area contributed by atoms with Gasteiger partial charge in [-0.05, 0) is 69.0 Å². The molecule has 3 atom stereocenters. The van der Waals surface area contributed by atoms with Crippen molar-refractivity contribution in [3.63, 3.8) is 0 Å². The number of thiol groups is 1. The summed E-state index contributed by atoms with van der Waals surface area (Å²) in [4.78, 5) is 53.6. The summed E-state index contributed by atoms with van der Waals surface area (Å²) in [5.74, 6) is -3.31. The summed E-state index contributed by atoms with van der Waals surface area (Å²) in [5.41, 5.74) is 2.42. The lowest BCUT2D eigenvalue weighted by molar-refractivity contribution is -0.143. The van der Waals surface area contributed by atoms with E-state index in [1.54, 1.807) is 34.6 Å². The van der Waals surface area contributed by atoms with Gasteiger partial charge in [-0.25, -0.2) is 14.0 Å². The lowest BCUT2D eigenvalue weighted by Crippen LogP contribution is -2.59. The normalized spacial score (nSPS) is 13.6. The average Bonchev–Trinajstić information content (AvgIpc) is 3.10. The number of thioether (sulfide) groups is 1. The van der Waals surface area contributed by atoms with E-state index in [0.717, 1.165) is 16.7 Å². The van der Waals surface area contributed by atoms with Crippen LogP contribution in [0.25, 0.3) is 0 Å². The van der Waals surface area contributed by atoms with Crippen LogP contribution in [0, 0.1) is 5.82 Å². The monoisotopic (exact) mass is 759 g/mol. The third-order valence-electron chi connectivity index (χ3n) is 8.24. The highest BCUT2D eigenvalue weighted by Gasteiger charge is 2.40. The highest BCUT2D eigenvalue weighted by molar-refractivity contribution is 8.00. The van der Waals surface area contributed by atoms with Gasteiger partial charge in [0.15, 0.2) is 0 Å². The van der Waals surface area contributed by atoms with Gasteiger partial charge in [-0.1, -0.05) is 103 Å². The molecule has 4 N–H and O–H groups in total. The van der Waals surface area contributed by atoms with E-state index < -0.39 is 62.9 Å². The maximum absolute atomic E-state index is 14.4. The first-order chi connectivity index (χ1) is 25.0. The zero-order chi connectivity index (χ0) is 38.8. The lowest BCUT2D eigenvalue weighted by Gasteiger charge is -2.36. The van der Waals surface area contributed by atoms with Crippen LogP contribution < -0.4 is 16.0 Å². The van der Waals surface area contributed by atoms with Crippen LogP contribution in [0.4, 0.5) is 9.18 Å². The Morgan fingerprint density at radius 1 is 0.698 bits per heavy atom. The van der Waals surface area contributed by atoms with E-state index in [1.165, 1.54) is 36.0 Å². The van der Waals surface area contributed by atoms with Crippen molar-refractivity contribution in [3.05, 3.63) is 143 Å². The van der Waals surface area contributed by atoms with Crippen molar-refractivity contribution in [2.24, 2.45) is 0 Å². The summed E-state index contributed by atoms with van der Waals surface area (Å²) in [6.45, 7) is 8.18. The van der Waals surface area contributed by atoms with E-state index >= 15 is 0 Å². The van der Waals surface area contributed by atoms with Gasteiger partial charge in [-0.2, -0.15) is 12.6 Å². The van der Waals surface area contributed by atoms with Crippen LogP contribution >= 0.6 is 24.4 Å². The van der Waals surface area contributed by atoms with E-state index in [-0.39, 0.29) is 12.2 Å². The molecule has 0 spiro atoms. The van der Waals surface area contributed by atoms with Gasteiger partial charge in [0.2, 0.25) is 11.8 Å². The number of nitrogens with one attached hydrogen (secondary N) is 3. The minimum Gasteiger partial charge on any atom is -0.480 e. The Hall–Kier alpha value is -4.81. The number of amides is 3. The number of carboxylic acid groups (broad SMARTS) is 1. The fraction of sp³-hybridized carbons (Fsp3) is 0.317. The number of carbonyl (C=O) groups excluding carboxylic acids is 3. The van der Waals surface area contributed by atoms with Crippen molar-refractivity contribution in [2.75, 3.05) is 5.75 Å². The van der Waals surface area contributed by atoms with Crippen molar-refractivity contribution in [3.8, 4) is 0 Å². The first kappa shape index (κ1) is 41.0. The smallest absolute Gasteiger partial charge is 0.408 e. The predicted molar refractivity (Wildman–Crippen MR) is 209 cm³/mol. The molecular weight excluding hydrogens is 714 g/mol. The van der Waals surface area contributed by atoms with E-state index in [0.29, 0.717) is 5.56 Å². The van der Waals surface area contributed by atoms with Crippen molar-refractivity contribution in [2.45, 2.75) is 74.3 Å². The predicted octanol–water partition coefficient (Wildman–Crippen LogP) is 6.75. The summed E-state index contributed by atoms with van der Waals surface area (Å²) < 4.78 is 17.3. The van der Waals surface area contributed by atoms with Gasteiger partial charge in [0.05, 0.1) is 4.75 Å². The quantitative estimate of drug-likeness (QED) is 0.0669. The van der Waals surface area contributed by atoms with Gasteiger partial charge in [0, 0.05) is 16.9 Å². The first-order valence-electron chi connectivity index (χ1n) is 17.1. The number of rotatable bonds is 15. The minimum absolute atomic E-state index is 0.00999. The number of benzene rings is 4. The molecule has 0 aliphatic rings. The third kappa shape index (κ3) is 11.3. The van der Waals surface area contributed by atoms with E-state index in [9.17, 15) is 28.7 Å².